The topological polar surface area (TPSA) is 9.23 Å². The van der Waals surface area contributed by atoms with Crippen LogP contribution in [-0.2, 0) is 16.3 Å². The van der Waals surface area contributed by atoms with Gasteiger partial charge in [0.25, 0.3) is 0 Å². The van der Waals surface area contributed by atoms with E-state index < -0.39 is 6.26 Å². The van der Waals surface area contributed by atoms with Crippen molar-refractivity contribution >= 4 is 23.4 Å². The van der Waals surface area contributed by atoms with Gasteiger partial charge in [0, 0.05) is 18.6 Å². The minimum Gasteiger partial charge on any atom is -0.349 e. The van der Waals surface area contributed by atoms with Gasteiger partial charge in [-0.2, -0.15) is 0 Å². The average molecular weight is 200 g/mol. The van der Waals surface area contributed by atoms with Gasteiger partial charge in [0.15, 0.2) is 0 Å². The normalized spacial score (nSPS) is 15.5. The zero-order chi connectivity index (χ0) is 9.03. The Labute approximate surface area is 78.8 Å². The van der Waals surface area contributed by atoms with Crippen molar-refractivity contribution in [1.82, 2.24) is 0 Å². The van der Waals surface area contributed by atoms with Gasteiger partial charge in [-0.05, 0) is 0 Å². The molecular formula is C9H13OPS. The van der Waals surface area contributed by atoms with Gasteiger partial charge in [-0.25, -0.2) is 0 Å². The van der Waals surface area contributed by atoms with E-state index in [2.05, 4.69) is 6.92 Å². The van der Waals surface area contributed by atoms with Gasteiger partial charge in [-0.1, -0.05) is 49.1 Å². The summed E-state index contributed by atoms with van der Waals surface area (Å²) in [6, 6.07) is 10.1. The van der Waals surface area contributed by atoms with E-state index >= 15 is 0 Å². The molecule has 0 aliphatic heterocycles. The maximum Gasteiger partial charge on any atom is 0.0940 e. The standard InChI is InChI=1S/C9H13OPS/c1-3-11(12,10-2)9-7-5-4-6-8-9/h4-8H,3H2,1-2H3. The van der Waals surface area contributed by atoms with Crippen molar-refractivity contribution in [3.05, 3.63) is 30.3 Å². The van der Waals surface area contributed by atoms with Crippen molar-refractivity contribution in [2.45, 2.75) is 6.92 Å². The first kappa shape index (κ1) is 9.91. The van der Waals surface area contributed by atoms with E-state index in [1.165, 1.54) is 5.30 Å². The molecule has 0 aliphatic carbocycles. The van der Waals surface area contributed by atoms with E-state index in [-0.39, 0.29) is 0 Å². The third kappa shape index (κ3) is 1.95. The van der Waals surface area contributed by atoms with E-state index in [1.54, 1.807) is 7.11 Å². The van der Waals surface area contributed by atoms with Crippen molar-refractivity contribution in [3.63, 3.8) is 0 Å². The first-order valence-corrected chi connectivity index (χ1v) is 6.84. The highest BCUT2D eigenvalue weighted by Crippen LogP contribution is 2.44. The third-order valence-corrected chi connectivity index (χ3v) is 6.22. The molecule has 0 fully saturated rings. The van der Waals surface area contributed by atoms with Crippen molar-refractivity contribution in [3.8, 4) is 0 Å². The lowest BCUT2D eigenvalue weighted by atomic mass is 10.4. The molecule has 0 saturated heterocycles. The summed E-state index contributed by atoms with van der Waals surface area (Å²) in [6.07, 6.45) is -0.781. The zero-order valence-corrected chi connectivity index (χ0v) is 9.07. The van der Waals surface area contributed by atoms with Gasteiger partial charge in [-0.3, -0.25) is 0 Å². The van der Waals surface area contributed by atoms with Gasteiger partial charge in [0.2, 0.25) is 0 Å². The lowest BCUT2D eigenvalue weighted by Gasteiger charge is -2.17. The number of hydrogen-bond acceptors (Lipinski definition) is 2. The second-order valence-corrected chi connectivity index (χ2v) is 7.14. The van der Waals surface area contributed by atoms with Crippen LogP contribution in [0.1, 0.15) is 6.92 Å². The molecule has 0 spiro atoms. The Morgan fingerprint density at radius 1 is 1.33 bits per heavy atom. The van der Waals surface area contributed by atoms with Crippen LogP contribution in [0.5, 0.6) is 0 Å². The molecule has 1 atom stereocenters. The summed E-state index contributed by atoms with van der Waals surface area (Å²) in [5, 5.41) is 1.17. The first-order valence-electron chi connectivity index (χ1n) is 3.93. The molecule has 3 heteroatoms. The molecule has 1 aromatic rings. The largest absolute Gasteiger partial charge is 0.349 e. The van der Waals surface area contributed by atoms with Crippen LogP contribution in [0.3, 0.4) is 0 Å². The molecule has 0 aromatic heterocycles. The summed E-state index contributed by atoms with van der Waals surface area (Å²) in [4.78, 5) is 0. The minimum absolute atomic E-state index is 0.919. The highest BCUT2D eigenvalue weighted by Gasteiger charge is 2.14. The van der Waals surface area contributed by atoms with E-state index in [0.29, 0.717) is 0 Å². The predicted octanol–water partition coefficient (Wildman–Crippen LogP) is 2.37. The highest BCUT2D eigenvalue weighted by molar-refractivity contribution is 8.15. The molecule has 1 aromatic carbocycles. The highest BCUT2D eigenvalue weighted by atomic mass is 32.4. The van der Waals surface area contributed by atoms with E-state index in [9.17, 15) is 0 Å². The Morgan fingerprint density at radius 3 is 2.33 bits per heavy atom. The molecule has 12 heavy (non-hydrogen) atoms. The van der Waals surface area contributed by atoms with Crippen LogP contribution in [-0.4, -0.2) is 13.3 Å². The van der Waals surface area contributed by atoms with Crippen molar-refractivity contribution in [2.75, 3.05) is 13.3 Å². The molecule has 1 nitrogen and oxygen atoms in total. The summed E-state index contributed by atoms with van der Waals surface area (Å²) >= 11 is 5.46. The molecular weight excluding hydrogens is 187 g/mol. The first-order chi connectivity index (χ1) is 5.73. The maximum absolute atomic E-state index is 5.46. The van der Waals surface area contributed by atoms with E-state index in [0.717, 1.165) is 6.16 Å². The monoisotopic (exact) mass is 200 g/mol. The molecule has 0 saturated carbocycles. The predicted molar refractivity (Wildman–Crippen MR) is 57.9 cm³/mol. The summed E-state index contributed by atoms with van der Waals surface area (Å²) in [6.45, 7) is 2.08. The second-order valence-electron chi connectivity index (χ2n) is 2.51. The van der Waals surface area contributed by atoms with Crippen molar-refractivity contribution in [2.24, 2.45) is 0 Å². The molecule has 0 bridgehead atoms. The minimum atomic E-state index is -1.70. The number of benzene rings is 1. The quantitative estimate of drug-likeness (QED) is 0.693. The molecule has 0 heterocycles. The molecule has 0 amide bonds. The summed E-state index contributed by atoms with van der Waals surface area (Å²) in [7, 11) is 1.71. The van der Waals surface area contributed by atoms with Gasteiger partial charge < -0.3 is 4.52 Å². The second kappa shape index (κ2) is 4.18. The molecule has 0 N–H and O–H groups in total. The number of hydrogen-bond donors (Lipinski definition) is 0. The van der Waals surface area contributed by atoms with E-state index in [4.69, 9.17) is 16.3 Å². The van der Waals surface area contributed by atoms with Gasteiger partial charge in [0.1, 0.15) is 0 Å². The third-order valence-electron chi connectivity index (χ3n) is 1.86. The molecule has 0 aliphatic rings. The Morgan fingerprint density at radius 2 is 1.92 bits per heavy atom. The lowest BCUT2D eigenvalue weighted by Crippen LogP contribution is -2.06. The smallest absolute Gasteiger partial charge is 0.0940 e. The molecule has 1 unspecified atom stereocenters. The SMILES string of the molecule is CCP(=S)(OC)c1ccccc1. The van der Waals surface area contributed by atoms with Crippen LogP contribution < -0.4 is 5.30 Å². The fourth-order valence-electron chi connectivity index (χ4n) is 1.07. The Kier molecular flexibility index (Phi) is 3.45. The number of rotatable bonds is 3. The van der Waals surface area contributed by atoms with Crippen molar-refractivity contribution in [1.29, 1.82) is 0 Å². The van der Waals surface area contributed by atoms with Crippen LogP contribution in [0.2, 0.25) is 0 Å². The average Bonchev–Trinajstić information content (AvgIpc) is 2.18. The molecule has 0 radical (unpaired) electrons. The zero-order valence-electron chi connectivity index (χ0n) is 7.36. The fraction of sp³-hybridized carbons (Fsp3) is 0.333. The van der Waals surface area contributed by atoms with Crippen LogP contribution in [0.15, 0.2) is 30.3 Å². The Balaban J connectivity index is 3.04. The summed E-state index contributed by atoms with van der Waals surface area (Å²) in [5.74, 6) is 0. The van der Waals surface area contributed by atoms with Crippen molar-refractivity contribution < 1.29 is 4.52 Å². The molecule has 1 rings (SSSR count). The van der Waals surface area contributed by atoms with Crippen LogP contribution in [0, 0.1) is 0 Å². The van der Waals surface area contributed by atoms with Crippen LogP contribution in [0.25, 0.3) is 0 Å². The van der Waals surface area contributed by atoms with Gasteiger partial charge in [0.05, 0.1) is 6.26 Å². The van der Waals surface area contributed by atoms with Gasteiger partial charge in [-0.15, -0.1) is 0 Å². The van der Waals surface area contributed by atoms with E-state index in [1.807, 2.05) is 30.3 Å². The maximum atomic E-state index is 5.46. The fourth-order valence-corrected chi connectivity index (χ4v) is 2.90. The molecule has 66 valence electrons. The van der Waals surface area contributed by atoms with Crippen LogP contribution in [0.4, 0.5) is 0 Å². The summed E-state index contributed by atoms with van der Waals surface area (Å²) in [5.41, 5.74) is 0. The van der Waals surface area contributed by atoms with Crippen LogP contribution >= 0.6 is 6.26 Å². The lowest BCUT2D eigenvalue weighted by molar-refractivity contribution is 0.466. The summed E-state index contributed by atoms with van der Waals surface area (Å²) < 4.78 is 5.40. The van der Waals surface area contributed by atoms with Gasteiger partial charge >= 0.3 is 0 Å². The Bertz CT molecular complexity index is 276. The Hall–Kier alpha value is -0.170.